The third-order valence-electron chi connectivity index (χ3n) is 7.33. The Labute approximate surface area is 159 Å². The Hall–Kier alpha value is -1.60. The highest BCUT2D eigenvalue weighted by Gasteiger charge is 2.64. The first-order chi connectivity index (χ1) is 13.2. The first kappa shape index (κ1) is 16.4. The van der Waals surface area contributed by atoms with E-state index in [0.717, 1.165) is 44.0 Å². The van der Waals surface area contributed by atoms with Crippen LogP contribution < -0.4 is 9.57 Å². The van der Waals surface area contributed by atoms with Gasteiger partial charge >= 0.3 is 0 Å². The number of nitrogens with zero attached hydrogens (tertiary/aromatic N) is 2. The third kappa shape index (κ3) is 2.10. The molecule has 2 aliphatic carbocycles. The second kappa shape index (κ2) is 5.70. The van der Waals surface area contributed by atoms with E-state index in [2.05, 4.69) is 24.1 Å². The number of rotatable bonds is 2. The summed E-state index contributed by atoms with van der Waals surface area (Å²) < 4.78 is 11.9. The minimum atomic E-state index is -0.570. The average molecular weight is 370 g/mol. The molecule has 3 aliphatic heterocycles. The molecule has 2 bridgehead atoms. The molecule has 0 unspecified atom stereocenters. The predicted molar refractivity (Wildman–Crippen MR) is 98.9 cm³/mol. The smallest absolute Gasteiger partial charge is 0.189 e. The highest BCUT2D eigenvalue weighted by atomic mass is 16.7. The van der Waals surface area contributed by atoms with Gasteiger partial charge in [-0.3, -0.25) is 0 Å². The Balaban J connectivity index is 1.48. The van der Waals surface area contributed by atoms with E-state index in [4.69, 9.17) is 14.3 Å². The minimum Gasteiger partial charge on any atom is -0.482 e. The number of likely N-dealkylation sites (tertiary alicyclic amines) is 1. The van der Waals surface area contributed by atoms with Gasteiger partial charge < -0.3 is 24.3 Å². The maximum absolute atomic E-state index is 10.8. The molecule has 5 atom stereocenters. The molecule has 0 amide bonds. The van der Waals surface area contributed by atoms with E-state index < -0.39 is 6.10 Å². The van der Waals surface area contributed by atoms with Gasteiger partial charge in [0.2, 0.25) is 0 Å². The molecule has 6 rings (SSSR count). The maximum Gasteiger partial charge on any atom is 0.189 e. The van der Waals surface area contributed by atoms with Crippen molar-refractivity contribution in [2.75, 3.05) is 39.9 Å². The largest absolute Gasteiger partial charge is 0.482 e. The number of ether oxygens (including phenoxy) is 2. The Morgan fingerprint density at radius 3 is 2.89 bits per heavy atom. The monoisotopic (exact) mass is 370 g/mol. The summed E-state index contributed by atoms with van der Waals surface area (Å²) in [6, 6.07) is 4.74. The number of piperidine rings is 1. The van der Waals surface area contributed by atoms with Gasteiger partial charge in [0, 0.05) is 22.9 Å². The topological polar surface area (TPSA) is 54.4 Å². The molecule has 1 N–H and O–H groups in total. The number of morpholine rings is 1. The van der Waals surface area contributed by atoms with Crippen LogP contribution in [0.15, 0.2) is 24.3 Å². The van der Waals surface area contributed by atoms with E-state index >= 15 is 0 Å². The van der Waals surface area contributed by atoms with Gasteiger partial charge in [-0.2, -0.15) is 0 Å². The van der Waals surface area contributed by atoms with Gasteiger partial charge in [0.15, 0.2) is 11.5 Å². The minimum absolute atomic E-state index is 0.126. The zero-order chi connectivity index (χ0) is 18.2. The predicted octanol–water partition coefficient (Wildman–Crippen LogP) is 1.12. The van der Waals surface area contributed by atoms with E-state index in [1.165, 1.54) is 11.1 Å². The number of aliphatic hydroxyl groups excluding tert-OH is 1. The molecule has 0 aromatic heterocycles. The second-order valence-corrected chi connectivity index (χ2v) is 8.54. The maximum atomic E-state index is 10.8. The molecule has 2 saturated heterocycles. The number of benzene rings is 1. The standard InChI is InChI=1S/C21H26N2O4/c1-22-7-6-21-14-3-4-16(24)20(21)26-19-17(27-23-8-10-25-11-9-23)5-2-13(18(19)21)12-15(14)22/h2-5,14-16,20,24H,6-12H2,1H3/t14-,15+,16-,20-,21-/m0/s1. The summed E-state index contributed by atoms with van der Waals surface area (Å²) in [5, 5.41) is 12.7. The molecule has 3 heterocycles. The molecule has 5 aliphatic rings. The Morgan fingerprint density at radius 1 is 1.19 bits per heavy atom. The lowest BCUT2D eigenvalue weighted by Crippen LogP contribution is -2.64. The fraction of sp³-hybridized carbons (Fsp3) is 0.619. The summed E-state index contributed by atoms with van der Waals surface area (Å²) in [5.74, 6) is 2.03. The van der Waals surface area contributed by atoms with Crippen molar-refractivity contribution in [1.82, 2.24) is 9.96 Å². The molecule has 144 valence electrons. The van der Waals surface area contributed by atoms with E-state index in [-0.39, 0.29) is 11.5 Å². The van der Waals surface area contributed by atoms with E-state index in [1.54, 1.807) is 0 Å². The molecule has 1 aromatic rings. The van der Waals surface area contributed by atoms with Crippen LogP contribution in [-0.4, -0.2) is 73.2 Å². The zero-order valence-electron chi connectivity index (χ0n) is 15.6. The van der Waals surface area contributed by atoms with Crippen molar-refractivity contribution in [3.8, 4) is 11.5 Å². The van der Waals surface area contributed by atoms with Crippen LogP contribution in [0.5, 0.6) is 11.5 Å². The number of hydrogen-bond donors (Lipinski definition) is 1. The quantitative estimate of drug-likeness (QED) is 0.788. The summed E-state index contributed by atoms with van der Waals surface area (Å²) in [6.45, 7) is 3.92. The molecule has 6 nitrogen and oxygen atoms in total. The van der Waals surface area contributed by atoms with Crippen LogP contribution in [0.4, 0.5) is 0 Å². The van der Waals surface area contributed by atoms with Crippen molar-refractivity contribution < 1.29 is 19.4 Å². The highest BCUT2D eigenvalue weighted by molar-refractivity contribution is 5.62. The van der Waals surface area contributed by atoms with Crippen LogP contribution in [0.25, 0.3) is 0 Å². The number of hydroxylamine groups is 2. The third-order valence-corrected chi connectivity index (χ3v) is 7.33. The number of hydrogen-bond acceptors (Lipinski definition) is 6. The fourth-order valence-corrected chi connectivity index (χ4v) is 6.08. The Morgan fingerprint density at radius 2 is 2.04 bits per heavy atom. The fourth-order valence-electron chi connectivity index (χ4n) is 6.08. The van der Waals surface area contributed by atoms with E-state index in [9.17, 15) is 5.11 Å². The van der Waals surface area contributed by atoms with Crippen LogP contribution in [0.1, 0.15) is 17.5 Å². The van der Waals surface area contributed by atoms with Crippen molar-refractivity contribution in [2.24, 2.45) is 5.92 Å². The molecule has 6 heteroatoms. The SMILES string of the molecule is CN1CC[C@]23c4c5ccc(ON6CCOCC6)c4O[C@H]2[C@@H](O)C=C[C@H]3[C@H]1C5. The van der Waals surface area contributed by atoms with Gasteiger partial charge in [0.25, 0.3) is 0 Å². The normalized spacial score (nSPS) is 39.8. The Kier molecular flexibility index (Phi) is 3.46. The summed E-state index contributed by atoms with van der Waals surface area (Å²) in [5.41, 5.74) is 2.53. The average Bonchev–Trinajstić information content (AvgIpc) is 3.04. The van der Waals surface area contributed by atoms with Crippen molar-refractivity contribution in [1.29, 1.82) is 0 Å². The molecular weight excluding hydrogens is 344 g/mol. The van der Waals surface area contributed by atoms with Gasteiger partial charge in [-0.15, -0.1) is 5.06 Å². The van der Waals surface area contributed by atoms with Gasteiger partial charge in [-0.1, -0.05) is 18.2 Å². The molecule has 1 spiro atoms. The van der Waals surface area contributed by atoms with Gasteiger partial charge in [0.05, 0.1) is 26.3 Å². The number of aliphatic hydroxyl groups is 1. The van der Waals surface area contributed by atoms with Crippen molar-refractivity contribution in [3.63, 3.8) is 0 Å². The molecule has 2 fully saturated rings. The van der Waals surface area contributed by atoms with Gasteiger partial charge in [-0.05, 0) is 38.1 Å². The van der Waals surface area contributed by atoms with Crippen LogP contribution in [-0.2, 0) is 16.6 Å². The summed E-state index contributed by atoms with van der Waals surface area (Å²) >= 11 is 0. The first-order valence-electron chi connectivity index (χ1n) is 10.1. The van der Waals surface area contributed by atoms with Crippen LogP contribution >= 0.6 is 0 Å². The summed E-state index contributed by atoms with van der Waals surface area (Å²) in [6.07, 6.45) is 5.45. The van der Waals surface area contributed by atoms with Crippen molar-refractivity contribution in [2.45, 2.75) is 36.5 Å². The molecule has 0 radical (unpaired) electrons. The van der Waals surface area contributed by atoms with Gasteiger partial charge in [-0.25, -0.2) is 0 Å². The molecule has 1 aromatic carbocycles. The lowest BCUT2D eigenvalue weighted by Gasteiger charge is -2.56. The van der Waals surface area contributed by atoms with E-state index in [0.29, 0.717) is 25.2 Å². The molecule has 0 saturated carbocycles. The van der Waals surface area contributed by atoms with Crippen LogP contribution in [0.2, 0.25) is 0 Å². The second-order valence-electron chi connectivity index (χ2n) is 8.54. The lowest BCUT2D eigenvalue weighted by molar-refractivity contribution is -0.119. The molecule has 27 heavy (non-hydrogen) atoms. The number of likely N-dealkylation sites (N-methyl/N-ethyl adjacent to an activating group) is 1. The zero-order valence-corrected chi connectivity index (χ0v) is 15.6. The van der Waals surface area contributed by atoms with Crippen molar-refractivity contribution in [3.05, 3.63) is 35.4 Å². The van der Waals surface area contributed by atoms with Crippen molar-refractivity contribution >= 4 is 0 Å². The van der Waals surface area contributed by atoms with E-state index in [1.807, 2.05) is 17.2 Å². The first-order valence-corrected chi connectivity index (χ1v) is 10.1. The summed E-state index contributed by atoms with van der Waals surface area (Å²) in [4.78, 5) is 8.71. The van der Waals surface area contributed by atoms with Crippen LogP contribution in [0, 0.1) is 5.92 Å². The Bertz CT molecular complexity index is 806. The summed E-state index contributed by atoms with van der Waals surface area (Å²) in [7, 11) is 2.23. The molecular formula is C21H26N2O4. The highest BCUT2D eigenvalue weighted by Crippen LogP contribution is 2.62. The lowest BCUT2D eigenvalue weighted by atomic mass is 9.53. The van der Waals surface area contributed by atoms with Crippen LogP contribution in [0.3, 0.4) is 0 Å². The van der Waals surface area contributed by atoms with Gasteiger partial charge in [0.1, 0.15) is 12.2 Å².